The monoisotopic (exact) mass is 431 g/mol. The van der Waals surface area contributed by atoms with Crippen LogP contribution in [-0.2, 0) is 11.8 Å². The number of aromatic nitrogens is 4. The molecular weight excluding hydrogens is 406 g/mol. The average molecular weight is 431 g/mol. The molecule has 0 fully saturated rings. The molecule has 0 amide bonds. The summed E-state index contributed by atoms with van der Waals surface area (Å²) in [6.45, 7) is 3.45. The van der Waals surface area contributed by atoms with Crippen LogP contribution in [0.1, 0.15) is 13.8 Å². The van der Waals surface area contributed by atoms with E-state index in [4.69, 9.17) is 14.5 Å². The highest BCUT2D eigenvalue weighted by Gasteiger charge is 2.22. The quantitative estimate of drug-likeness (QED) is 0.434. The Morgan fingerprint density at radius 2 is 1.72 bits per heavy atom. The van der Waals surface area contributed by atoms with Gasteiger partial charge in [-0.25, -0.2) is 4.98 Å². The molecule has 0 spiro atoms. The fourth-order valence-electron chi connectivity index (χ4n) is 3.55. The molecule has 2 aromatic carbocycles. The van der Waals surface area contributed by atoms with Gasteiger partial charge in [0.2, 0.25) is 0 Å². The number of carbonyl (C=O) groups is 1. The molecule has 2 aromatic heterocycles. The number of aryl methyl sites for hydroxylation is 1. The zero-order valence-corrected chi connectivity index (χ0v) is 18.7. The van der Waals surface area contributed by atoms with Crippen molar-refractivity contribution in [2.24, 2.45) is 7.05 Å². The topological polar surface area (TPSA) is 82.4 Å². The lowest BCUT2D eigenvalue weighted by Crippen LogP contribution is -2.34. The second-order valence-corrected chi connectivity index (χ2v) is 7.56. The Balaban J connectivity index is 1.85. The number of hydrogen-bond acceptors (Lipinski definition) is 7. The van der Waals surface area contributed by atoms with Crippen molar-refractivity contribution in [3.05, 3.63) is 55.0 Å². The predicted molar refractivity (Wildman–Crippen MR) is 124 cm³/mol. The van der Waals surface area contributed by atoms with Crippen LogP contribution in [0.2, 0.25) is 0 Å². The van der Waals surface area contributed by atoms with Crippen molar-refractivity contribution in [2.75, 3.05) is 19.1 Å². The SMILES string of the molecule is COc1cc(OC)cc(N(c2ccc3ncc(-c4cnn(C)c4)nc3c2)C(C)C(C)=O)c1. The fraction of sp³-hybridized carbons (Fsp3) is 0.250. The van der Waals surface area contributed by atoms with E-state index in [1.807, 2.05) is 55.4 Å². The third-order valence-electron chi connectivity index (χ3n) is 5.39. The van der Waals surface area contributed by atoms with E-state index < -0.39 is 6.04 Å². The Kier molecular flexibility index (Phi) is 5.77. The summed E-state index contributed by atoms with van der Waals surface area (Å²) in [6.07, 6.45) is 5.39. The van der Waals surface area contributed by atoms with Crippen LogP contribution < -0.4 is 14.4 Å². The maximum atomic E-state index is 12.4. The summed E-state index contributed by atoms with van der Waals surface area (Å²) >= 11 is 0. The molecule has 1 unspecified atom stereocenters. The van der Waals surface area contributed by atoms with Crippen molar-refractivity contribution >= 4 is 28.2 Å². The van der Waals surface area contributed by atoms with Crippen LogP contribution in [0, 0.1) is 0 Å². The van der Waals surface area contributed by atoms with E-state index in [-0.39, 0.29) is 5.78 Å². The van der Waals surface area contributed by atoms with Crippen molar-refractivity contribution < 1.29 is 14.3 Å². The molecule has 0 saturated heterocycles. The van der Waals surface area contributed by atoms with Gasteiger partial charge >= 0.3 is 0 Å². The second kappa shape index (κ2) is 8.66. The van der Waals surface area contributed by atoms with Gasteiger partial charge in [0.25, 0.3) is 0 Å². The summed E-state index contributed by atoms with van der Waals surface area (Å²) < 4.78 is 12.6. The van der Waals surface area contributed by atoms with E-state index in [9.17, 15) is 4.79 Å². The smallest absolute Gasteiger partial charge is 0.152 e. The van der Waals surface area contributed by atoms with E-state index in [0.29, 0.717) is 11.5 Å². The number of Topliss-reactive ketones (excluding diaryl/α,β-unsaturated/α-hetero) is 1. The molecule has 0 aliphatic heterocycles. The van der Waals surface area contributed by atoms with E-state index in [1.165, 1.54) is 0 Å². The molecular formula is C24H25N5O3. The van der Waals surface area contributed by atoms with Crippen LogP contribution in [0.3, 0.4) is 0 Å². The van der Waals surface area contributed by atoms with Gasteiger partial charge in [-0.15, -0.1) is 0 Å². The van der Waals surface area contributed by atoms with E-state index in [1.54, 1.807) is 44.3 Å². The minimum atomic E-state index is -0.418. The molecule has 1 atom stereocenters. The largest absolute Gasteiger partial charge is 0.497 e. The number of anilines is 2. The van der Waals surface area contributed by atoms with Gasteiger partial charge in [0.05, 0.1) is 49.4 Å². The summed E-state index contributed by atoms with van der Waals surface area (Å²) in [5, 5.41) is 4.21. The van der Waals surface area contributed by atoms with Crippen LogP contribution in [0.4, 0.5) is 11.4 Å². The normalized spacial score (nSPS) is 11.9. The number of nitrogens with zero attached hydrogens (tertiary/aromatic N) is 5. The van der Waals surface area contributed by atoms with E-state index in [2.05, 4.69) is 10.1 Å². The van der Waals surface area contributed by atoms with Gasteiger partial charge in [0.15, 0.2) is 5.78 Å². The predicted octanol–water partition coefficient (Wildman–Crippen LogP) is 4.16. The van der Waals surface area contributed by atoms with E-state index >= 15 is 0 Å². The Morgan fingerprint density at radius 1 is 1.00 bits per heavy atom. The first kappa shape index (κ1) is 21.3. The van der Waals surface area contributed by atoms with Crippen LogP contribution >= 0.6 is 0 Å². The zero-order valence-electron chi connectivity index (χ0n) is 18.7. The van der Waals surface area contributed by atoms with E-state index in [0.717, 1.165) is 33.7 Å². The molecule has 0 saturated carbocycles. The number of hydrogen-bond donors (Lipinski definition) is 0. The highest BCUT2D eigenvalue weighted by atomic mass is 16.5. The Labute approximate surface area is 186 Å². The molecule has 164 valence electrons. The molecule has 32 heavy (non-hydrogen) atoms. The highest BCUT2D eigenvalue weighted by Crippen LogP contribution is 2.35. The third-order valence-corrected chi connectivity index (χ3v) is 5.39. The van der Waals surface area contributed by atoms with Gasteiger partial charge in [0, 0.05) is 48.4 Å². The second-order valence-electron chi connectivity index (χ2n) is 7.56. The Hall–Kier alpha value is -3.94. The standard InChI is InChI=1S/C24H25N5O3/c1-15(16(2)30)29(19-8-20(31-4)11-21(9-19)32-5)18-6-7-22-23(10-18)27-24(13-25-22)17-12-26-28(3)14-17/h6-15H,1-5H3. The lowest BCUT2D eigenvalue weighted by atomic mass is 10.1. The molecule has 8 heteroatoms. The molecule has 0 aliphatic carbocycles. The molecule has 0 radical (unpaired) electrons. The lowest BCUT2D eigenvalue weighted by Gasteiger charge is -2.30. The lowest BCUT2D eigenvalue weighted by molar-refractivity contribution is -0.117. The van der Waals surface area contributed by atoms with Gasteiger partial charge in [-0.05, 0) is 32.0 Å². The van der Waals surface area contributed by atoms with Crippen molar-refractivity contribution in [2.45, 2.75) is 19.9 Å². The van der Waals surface area contributed by atoms with Gasteiger partial charge < -0.3 is 14.4 Å². The highest BCUT2D eigenvalue weighted by molar-refractivity contribution is 5.90. The number of ketones is 1. The number of fused-ring (bicyclic) bond motifs is 1. The van der Waals surface area contributed by atoms with Crippen LogP contribution in [0.5, 0.6) is 11.5 Å². The van der Waals surface area contributed by atoms with Gasteiger partial charge in [0.1, 0.15) is 11.5 Å². The molecule has 0 N–H and O–H groups in total. The number of methoxy groups -OCH3 is 2. The maximum absolute atomic E-state index is 12.4. The van der Waals surface area contributed by atoms with Gasteiger partial charge in [-0.2, -0.15) is 5.10 Å². The zero-order chi connectivity index (χ0) is 22.8. The number of carbonyl (C=O) groups excluding carboxylic acids is 1. The number of ether oxygens (including phenoxy) is 2. The van der Waals surface area contributed by atoms with Gasteiger partial charge in [-0.3, -0.25) is 14.5 Å². The molecule has 0 bridgehead atoms. The molecule has 0 aliphatic rings. The minimum absolute atomic E-state index is 0.0297. The number of rotatable bonds is 7. The molecule has 8 nitrogen and oxygen atoms in total. The summed E-state index contributed by atoms with van der Waals surface area (Å²) in [6, 6.07) is 10.9. The fourth-order valence-corrected chi connectivity index (χ4v) is 3.55. The summed E-state index contributed by atoms with van der Waals surface area (Å²) in [7, 11) is 5.06. The maximum Gasteiger partial charge on any atom is 0.152 e. The minimum Gasteiger partial charge on any atom is -0.497 e. The van der Waals surface area contributed by atoms with Crippen molar-refractivity contribution in [1.29, 1.82) is 0 Å². The van der Waals surface area contributed by atoms with Crippen LogP contribution in [0.25, 0.3) is 22.3 Å². The number of benzene rings is 2. The summed E-state index contributed by atoms with van der Waals surface area (Å²) in [4.78, 5) is 23.7. The molecule has 2 heterocycles. The summed E-state index contributed by atoms with van der Waals surface area (Å²) in [5.41, 5.74) is 4.70. The van der Waals surface area contributed by atoms with Crippen LogP contribution in [0.15, 0.2) is 55.0 Å². The molecule has 4 rings (SSSR count). The van der Waals surface area contributed by atoms with Crippen molar-refractivity contribution in [3.63, 3.8) is 0 Å². The van der Waals surface area contributed by atoms with Crippen molar-refractivity contribution in [1.82, 2.24) is 19.7 Å². The first-order valence-electron chi connectivity index (χ1n) is 10.2. The first-order valence-corrected chi connectivity index (χ1v) is 10.2. The Bertz CT molecular complexity index is 1260. The Morgan fingerprint density at radius 3 is 2.31 bits per heavy atom. The van der Waals surface area contributed by atoms with Crippen LogP contribution in [-0.4, -0.2) is 45.8 Å². The van der Waals surface area contributed by atoms with Crippen molar-refractivity contribution in [3.8, 4) is 22.8 Å². The first-order chi connectivity index (χ1) is 15.4. The summed E-state index contributed by atoms with van der Waals surface area (Å²) in [5.74, 6) is 1.31. The van der Waals surface area contributed by atoms with Gasteiger partial charge in [-0.1, -0.05) is 0 Å². The third kappa shape index (κ3) is 4.12. The average Bonchev–Trinajstić information content (AvgIpc) is 3.24. The molecule has 4 aromatic rings.